The average Bonchev–Trinajstić information content (AvgIpc) is 3.05. The molecule has 0 spiro atoms. The second-order valence-electron chi connectivity index (χ2n) is 5.86. The van der Waals surface area contributed by atoms with Gasteiger partial charge in [-0.25, -0.2) is 0 Å². The first-order chi connectivity index (χ1) is 8.78. The molecule has 19 heavy (non-hydrogen) atoms. The minimum Gasteiger partial charge on any atom is -0.460 e. The first-order valence-electron chi connectivity index (χ1n) is 6.30. The Balaban J connectivity index is 1.99. The molecule has 2 unspecified atom stereocenters. The van der Waals surface area contributed by atoms with Crippen LogP contribution in [0, 0.1) is 11.8 Å². The number of carbonyl (C=O) groups is 2. The zero-order valence-electron chi connectivity index (χ0n) is 11.3. The average molecular weight is 281 g/mol. The van der Waals surface area contributed by atoms with Crippen LogP contribution in [0.2, 0.25) is 5.02 Å². The molecule has 1 aromatic rings. The zero-order chi connectivity index (χ0) is 14.2. The number of hydrogen-bond donors (Lipinski definition) is 0. The van der Waals surface area contributed by atoms with E-state index in [4.69, 9.17) is 16.3 Å². The summed E-state index contributed by atoms with van der Waals surface area (Å²) in [6.07, 6.45) is 0.570. The lowest BCUT2D eigenvalue weighted by atomic mass is 10.1. The molecule has 1 aliphatic rings. The van der Waals surface area contributed by atoms with E-state index in [1.54, 1.807) is 24.3 Å². The number of ether oxygens (including phenoxy) is 1. The fraction of sp³-hybridized carbons (Fsp3) is 0.467. The van der Waals surface area contributed by atoms with Crippen molar-refractivity contribution < 1.29 is 14.3 Å². The Hall–Kier alpha value is -1.35. The molecule has 2 atom stereocenters. The summed E-state index contributed by atoms with van der Waals surface area (Å²) in [5.41, 5.74) is 0.0483. The van der Waals surface area contributed by atoms with Crippen LogP contribution in [-0.4, -0.2) is 17.4 Å². The first-order valence-corrected chi connectivity index (χ1v) is 6.68. The van der Waals surface area contributed by atoms with Crippen molar-refractivity contribution >= 4 is 23.4 Å². The van der Waals surface area contributed by atoms with E-state index in [-0.39, 0.29) is 23.6 Å². The normalized spacial score (nSPS) is 21.9. The molecule has 0 aromatic heterocycles. The summed E-state index contributed by atoms with van der Waals surface area (Å²) in [4.78, 5) is 24.0. The summed E-state index contributed by atoms with van der Waals surface area (Å²) in [5.74, 6) is -0.870. The van der Waals surface area contributed by atoms with Crippen LogP contribution in [0.3, 0.4) is 0 Å². The second-order valence-corrected chi connectivity index (χ2v) is 6.29. The van der Waals surface area contributed by atoms with Crippen LogP contribution >= 0.6 is 11.6 Å². The Labute approximate surface area is 117 Å². The third kappa shape index (κ3) is 3.57. The highest BCUT2D eigenvalue weighted by Crippen LogP contribution is 2.42. The topological polar surface area (TPSA) is 43.4 Å². The summed E-state index contributed by atoms with van der Waals surface area (Å²) in [6, 6.07) is 6.81. The van der Waals surface area contributed by atoms with Gasteiger partial charge in [-0.05, 0) is 39.3 Å². The summed E-state index contributed by atoms with van der Waals surface area (Å²) in [5, 5.41) is 0.528. The SMILES string of the molecule is CC(C)(C)OC(=O)C1CC1C(=O)c1cccc(Cl)c1. The van der Waals surface area contributed by atoms with Gasteiger partial charge in [-0.2, -0.15) is 0 Å². The van der Waals surface area contributed by atoms with Gasteiger partial charge >= 0.3 is 5.97 Å². The summed E-state index contributed by atoms with van der Waals surface area (Å²) < 4.78 is 5.28. The van der Waals surface area contributed by atoms with E-state index in [0.29, 0.717) is 17.0 Å². The monoisotopic (exact) mass is 280 g/mol. The molecule has 1 aromatic carbocycles. The lowest BCUT2D eigenvalue weighted by Gasteiger charge is -2.19. The van der Waals surface area contributed by atoms with Crippen LogP contribution < -0.4 is 0 Å². The van der Waals surface area contributed by atoms with Crippen LogP contribution in [0.15, 0.2) is 24.3 Å². The number of rotatable bonds is 3. The number of esters is 1. The van der Waals surface area contributed by atoms with Crippen molar-refractivity contribution in [1.82, 2.24) is 0 Å². The standard InChI is InChI=1S/C15H17ClO3/c1-15(2,3)19-14(18)12-8-11(12)13(17)9-5-4-6-10(16)7-9/h4-7,11-12H,8H2,1-3H3. The van der Waals surface area contributed by atoms with Crippen molar-refractivity contribution in [2.75, 3.05) is 0 Å². The minimum atomic E-state index is -0.511. The highest BCUT2D eigenvalue weighted by Gasteiger charge is 2.49. The fourth-order valence-corrected chi connectivity index (χ4v) is 2.17. The van der Waals surface area contributed by atoms with Crippen LogP contribution in [0.5, 0.6) is 0 Å². The van der Waals surface area contributed by atoms with Gasteiger partial charge in [0.25, 0.3) is 0 Å². The summed E-state index contributed by atoms with van der Waals surface area (Å²) in [7, 11) is 0. The summed E-state index contributed by atoms with van der Waals surface area (Å²) >= 11 is 5.86. The van der Waals surface area contributed by atoms with E-state index in [1.807, 2.05) is 20.8 Å². The van der Waals surface area contributed by atoms with Crippen molar-refractivity contribution in [1.29, 1.82) is 0 Å². The first kappa shape index (κ1) is 14.1. The predicted molar refractivity (Wildman–Crippen MR) is 73.2 cm³/mol. The van der Waals surface area contributed by atoms with Crippen LogP contribution in [0.1, 0.15) is 37.6 Å². The highest BCUT2D eigenvalue weighted by atomic mass is 35.5. The predicted octanol–water partition coefficient (Wildman–Crippen LogP) is 3.50. The minimum absolute atomic E-state index is 0.0293. The Bertz CT molecular complexity index is 516. The molecule has 1 saturated carbocycles. The number of ketones is 1. The molecule has 1 fully saturated rings. The van der Waals surface area contributed by atoms with Gasteiger partial charge in [0.15, 0.2) is 5.78 Å². The molecule has 0 saturated heterocycles. The molecule has 0 N–H and O–H groups in total. The van der Waals surface area contributed by atoms with Crippen molar-refractivity contribution in [3.05, 3.63) is 34.9 Å². The maximum atomic E-state index is 12.2. The third-order valence-electron chi connectivity index (χ3n) is 2.95. The molecule has 0 radical (unpaired) electrons. The Morgan fingerprint density at radius 3 is 2.53 bits per heavy atom. The molecule has 102 valence electrons. The number of benzene rings is 1. The number of carbonyl (C=O) groups excluding carboxylic acids is 2. The molecule has 0 amide bonds. The lowest BCUT2D eigenvalue weighted by molar-refractivity contribution is -0.156. The third-order valence-corrected chi connectivity index (χ3v) is 3.18. The molecule has 1 aliphatic carbocycles. The van der Waals surface area contributed by atoms with Crippen LogP contribution in [-0.2, 0) is 9.53 Å². The van der Waals surface area contributed by atoms with E-state index < -0.39 is 5.60 Å². The zero-order valence-corrected chi connectivity index (χ0v) is 12.0. The number of hydrogen-bond acceptors (Lipinski definition) is 3. The van der Waals surface area contributed by atoms with Crippen molar-refractivity contribution in [2.45, 2.75) is 32.8 Å². The fourth-order valence-electron chi connectivity index (χ4n) is 1.98. The largest absolute Gasteiger partial charge is 0.460 e. The van der Waals surface area contributed by atoms with Crippen LogP contribution in [0.25, 0.3) is 0 Å². The van der Waals surface area contributed by atoms with Crippen molar-refractivity contribution in [2.24, 2.45) is 11.8 Å². The smallest absolute Gasteiger partial charge is 0.310 e. The molecular formula is C15H17ClO3. The van der Waals surface area contributed by atoms with E-state index in [2.05, 4.69) is 0 Å². The highest BCUT2D eigenvalue weighted by molar-refractivity contribution is 6.31. The Morgan fingerprint density at radius 1 is 1.26 bits per heavy atom. The Morgan fingerprint density at radius 2 is 1.95 bits per heavy atom. The van der Waals surface area contributed by atoms with Gasteiger partial charge in [-0.1, -0.05) is 23.7 Å². The molecule has 3 nitrogen and oxygen atoms in total. The van der Waals surface area contributed by atoms with Crippen LogP contribution in [0.4, 0.5) is 0 Å². The molecule has 0 aliphatic heterocycles. The van der Waals surface area contributed by atoms with Gasteiger partial charge < -0.3 is 4.74 Å². The van der Waals surface area contributed by atoms with Gasteiger partial charge in [-0.3, -0.25) is 9.59 Å². The van der Waals surface area contributed by atoms with Crippen molar-refractivity contribution in [3.8, 4) is 0 Å². The van der Waals surface area contributed by atoms with E-state index in [0.717, 1.165) is 0 Å². The maximum Gasteiger partial charge on any atom is 0.310 e. The van der Waals surface area contributed by atoms with Crippen molar-refractivity contribution in [3.63, 3.8) is 0 Å². The maximum absolute atomic E-state index is 12.2. The molecular weight excluding hydrogens is 264 g/mol. The van der Waals surface area contributed by atoms with E-state index in [1.165, 1.54) is 0 Å². The molecule has 4 heteroatoms. The van der Waals surface area contributed by atoms with Gasteiger partial charge in [0, 0.05) is 16.5 Å². The quantitative estimate of drug-likeness (QED) is 0.629. The van der Waals surface area contributed by atoms with E-state index in [9.17, 15) is 9.59 Å². The van der Waals surface area contributed by atoms with Gasteiger partial charge in [0.1, 0.15) is 5.60 Å². The van der Waals surface area contributed by atoms with Gasteiger partial charge in [0.05, 0.1) is 5.92 Å². The summed E-state index contributed by atoms with van der Waals surface area (Å²) in [6.45, 7) is 5.46. The Kier molecular flexibility index (Phi) is 3.68. The second kappa shape index (κ2) is 4.97. The lowest BCUT2D eigenvalue weighted by Crippen LogP contribution is -2.25. The van der Waals surface area contributed by atoms with E-state index >= 15 is 0 Å². The van der Waals surface area contributed by atoms with Gasteiger partial charge in [-0.15, -0.1) is 0 Å². The number of halogens is 1. The molecule has 2 rings (SSSR count). The molecule has 0 heterocycles. The molecule has 0 bridgehead atoms. The van der Waals surface area contributed by atoms with Gasteiger partial charge in [0.2, 0.25) is 0 Å². The number of Topliss-reactive ketones (excluding diaryl/α,β-unsaturated/α-hetero) is 1.